The van der Waals surface area contributed by atoms with Gasteiger partial charge in [-0.3, -0.25) is 0 Å². The van der Waals surface area contributed by atoms with Crippen molar-refractivity contribution in [3.05, 3.63) is 0 Å². The van der Waals surface area contributed by atoms with Gasteiger partial charge in [0.05, 0.1) is 26.7 Å². The van der Waals surface area contributed by atoms with Crippen LogP contribution in [0.4, 0.5) is 0 Å². The SMILES string of the molecule is CCCCCCCC[N+](C)(C)C(C)C. The van der Waals surface area contributed by atoms with Gasteiger partial charge >= 0.3 is 0 Å². The molecule has 0 amide bonds. The van der Waals surface area contributed by atoms with Crippen LogP contribution in [0.15, 0.2) is 0 Å². The minimum Gasteiger partial charge on any atom is -0.327 e. The van der Waals surface area contributed by atoms with Crippen molar-refractivity contribution in [2.24, 2.45) is 0 Å². The van der Waals surface area contributed by atoms with Gasteiger partial charge < -0.3 is 4.48 Å². The lowest BCUT2D eigenvalue weighted by molar-refractivity contribution is -0.911. The van der Waals surface area contributed by atoms with Crippen molar-refractivity contribution in [3.63, 3.8) is 0 Å². The Morgan fingerprint density at radius 2 is 1.36 bits per heavy atom. The van der Waals surface area contributed by atoms with E-state index in [-0.39, 0.29) is 0 Å². The molecule has 0 radical (unpaired) electrons. The van der Waals surface area contributed by atoms with Gasteiger partial charge in [0.25, 0.3) is 0 Å². The van der Waals surface area contributed by atoms with Gasteiger partial charge in [0.2, 0.25) is 0 Å². The summed E-state index contributed by atoms with van der Waals surface area (Å²) in [6.07, 6.45) is 8.47. The molecule has 0 saturated carbocycles. The molecule has 1 heteroatoms. The smallest absolute Gasteiger partial charge is 0.0829 e. The zero-order chi connectivity index (χ0) is 11.0. The maximum Gasteiger partial charge on any atom is 0.0829 e. The number of rotatable bonds is 8. The van der Waals surface area contributed by atoms with E-state index in [4.69, 9.17) is 0 Å². The highest BCUT2D eigenvalue weighted by atomic mass is 15.3. The summed E-state index contributed by atoms with van der Waals surface area (Å²) in [4.78, 5) is 0. The van der Waals surface area contributed by atoms with Crippen molar-refractivity contribution < 1.29 is 4.48 Å². The number of quaternary nitrogens is 1. The van der Waals surface area contributed by atoms with E-state index in [0.717, 1.165) is 6.04 Å². The van der Waals surface area contributed by atoms with Crippen LogP contribution >= 0.6 is 0 Å². The van der Waals surface area contributed by atoms with Crippen LogP contribution in [-0.4, -0.2) is 31.2 Å². The number of nitrogens with zero attached hydrogens (tertiary/aromatic N) is 1. The minimum atomic E-state index is 0.755. The highest BCUT2D eigenvalue weighted by molar-refractivity contribution is 4.46. The third-order valence-electron chi connectivity index (χ3n) is 3.49. The molecule has 0 heterocycles. The lowest BCUT2D eigenvalue weighted by Crippen LogP contribution is -2.46. The number of unbranched alkanes of at least 4 members (excludes halogenated alkanes) is 5. The summed E-state index contributed by atoms with van der Waals surface area (Å²) in [5.74, 6) is 0. The Labute approximate surface area is 91.1 Å². The zero-order valence-corrected chi connectivity index (χ0v) is 11.0. The molecule has 0 atom stereocenters. The van der Waals surface area contributed by atoms with Gasteiger partial charge in [-0.25, -0.2) is 0 Å². The molecule has 0 aromatic heterocycles. The molecule has 0 aliphatic rings. The van der Waals surface area contributed by atoms with Gasteiger partial charge in [-0.1, -0.05) is 32.6 Å². The third kappa shape index (κ3) is 6.42. The molecule has 86 valence electrons. The van der Waals surface area contributed by atoms with E-state index in [1.807, 2.05) is 0 Å². The van der Waals surface area contributed by atoms with Crippen molar-refractivity contribution in [2.75, 3.05) is 20.6 Å². The van der Waals surface area contributed by atoms with E-state index in [1.54, 1.807) is 0 Å². The Hall–Kier alpha value is -0.0400. The second-order valence-corrected chi connectivity index (χ2v) is 5.36. The van der Waals surface area contributed by atoms with Crippen molar-refractivity contribution in [3.8, 4) is 0 Å². The van der Waals surface area contributed by atoms with Gasteiger partial charge in [0.15, 0.2) is 0 Å². The van der Waals surface area contributed by atoms with E-state index < -0.39 is 0 Å². The molecule has 0 bridgehead atoms. The highest BCUT2D eigenvalue weighted by Crippen LogP contribution is 2.10. The first-order chi connectivity index (χ1) is 6.50. The van der Waals surface area contributed by atoms with Crippen molar-refractivity contribution in [2.45, 2.75) is 65.3 Å². The molecule has 0 saturated heterocycles. The largest absolute Gasteiger partial charge is 0.327 e. The van der Waals surface area contributed by atoms with Crippen molar-refractivity contribution >= 4 is 0 Å². The number of hydrogen-bond donors (Lipinski definition) is 0. The van der Waals surface area contributed by atoms with Crippen LogP contribution in [0.2, 0.25) is 0 Å². The van der Waals surface area contributed by atoms with Crippen LogP contribution in [0.1, 0.15) is 59.3 Å². The fraction of sp³-hybridized carbons (Fsp3) is 1.00. The zero-order valence-electron chi connectivity index (χ0n) is 11.0. The average Bonchev–Trinajstić information content (AvgIpc) is 2.10. The molecule has 0 rings (SSSR count). The molecule has 0 spiro atoms. The summed E-state index contributed by atoms with van der Waals surface area (Å²) in [7, 11) is 4.69. The van der Waals surface area contributed by atoms with Crippen molar-refractivity contribution in [1.82, 2.24) is 0 Å². The molecule has 0 unspecified atom stereocenters. The highest BCUT2D eigenvalue weighted by Gasteiger charge is 2.18. The molecule has 0 N–H and O–H groups in total. The molecule has 0 aromatic rings. The normalized spacial score (nSPS) is 12.4. The van der Waals surface area contributed by atoms with E-state index in [2.05, 4.69) is 34.9 Å². The van der Waals surface area contributed by atoms with Crippen LogP contribution in [0.5, 0.6) is 0 Å². The fourth-order valence-corrected chi connectivity index (χ4v) is 1.56. The Morgan fingerprint density at radius 1 is 0.857 bits per heavy atom. The predicted molar refractivity (Wildman–Crippen MR) is 65.5 cm³/mol. The van der Waals surface area contributed by atoms with E-state index in [9.17, 15) is 0 Å². The first kappa shape index (κ1) is 14.0. The lowest BCUT2D eigenvalue weighted by Gasteiger charge is -2.34. The van der Waals surface area contributed by atoms with Gasteiger partial charge in [0, 0.05) is 0 Å². The van der Waals surface area contributed by atoms with Gasteiger partial charge in [-0.15, -0.1) is 0 Å². The first-order valence-electron chi connectivity index (χ1n) is 6.33. The summed E-state index contributed by atoms with van der Waals surface area (Å²) in [5.41, 5.74) is 0. The summed E-state index contributed by atoms with van der Waals surface area (Å²) in [6, 6.07) is 0.755. The fourth-order valence-electron chi connectivity index (χ4n) is 1.56. The predicted octanol–water partition coefficient (Wildman–Crippen LogP) is 3.83. The molecule has 0 aliphatic carbocycles. The topological polar surface area (TPSA) is 0 Å². The lowest BCUT2D eigenvalue weighted by atomic mass is 10.1. The second-order valence-electron chi connectivity index (χ2n) is 5.36. The maximum absolute atomic E-state index is 2.34. The van der Waals surface area contributed by atoms with Crippen molar-refractivity contribution in [1.29, 1.82) is 0 Å². The summed E-state index contributed by atoms with van der Waals surface area (Å²) >= 11 is 0. The minimum absolute atomic E-state index is 0.755. The monoisotopic (exact) mass is 200 g/mol. The summed E-state index contributed by atoms with van der Waals surface area (Å²) < 4.78 is 1.17. The maximum atomic E-state index is 2.34. The molecule has 0 aromatic carbocycles. The van der Waals surface area contributed by atoms with Gasteiger partial charge in [0.1, 0.15) is 0 Å². The second kappa shape index (κ2) is 7.28. The molecule has 14 heavy (non-hydrogen) atoms. The Morgan fingerprint density at radius 3 is 1.86 bits per heavy atom. The van der Waals surface area contributed by atoms with Crippen LogP contribution < -0.4 is 0 Å². The van der Waals surface area contributed by atoms with E-state index >= 15 is 0 Å². The average molecular weight is 200 g/mol. The van der Waals surface area contributed by atoms with Crippen LogP contribution in [0.25, 0.3) is 0 Å². The standard InChI is InChI=1S/C13H30N/c1-6-7-8-9-10-11-12-14(4,5)13(2)3/h13H,6-12H2,1-5H3/q+1. The Balaban J connectivity index is 3.35. The number of hydrogen-bond acceptors (Lipinski definition) is 0. The molecular weight excluding hydrogens is 170 g/mol. The molecule has 0 aliphatic heterocycles. The third-order valence-corrected chi connectivity index (χ3v) is 3.49. The van der Waals surface area contributed by atoms with E-state index in [0.29, 0.717) is 0 Å². The Kier molecular flexibility index (Phi) is 7.26. The quantitative estimate of drug-likeness (QED) is 0.412. The summed E-state index contributed by atoms with van der Waals surface area (Å²) in [6.45, 7) is 8.25. The molecule has 1 nitrogen and oxygen atoms in total. The van der Waals surface area contributed by atoms with Crippen LogP contribution in [0.3, 0.4) is 0 Å². The van der Waals surface area contributed by atoms with Gasteiger partial charge in [-0.2, -0.15) is 0 Å². The van der Waals surface area contributed by atoms with Crippen LogP contribution in [0, 0.1) is 0 Å². The summed E-state index contributed by atoms with van der Waals surface area (Å²) in [5, 5.41) is 0. The molecule has 0 fully saturated rings. The van der Waals surface area contributed by atoms with E-state index in [1.165, 1.54) is 49.6 Å². The molecular formula is C13H30N+. The Bertz CT molecular complexity index is 127. The first-order valence-corrected chi connectivity index (χ1v) is 6.33. The van der Waals surface area contributed by atoms with Crippen LogP contribution in [-0.2, 0) is 0 Å². The van der Waals surface area contributed by atoms with Gasteiger partial charge in [-0.05, 0) is 26.7 Å².